The molecule has 0 unspecified atom stereocenters. The van der Waals surface area contributed by atoms with Crippen molar-refractivity contribution in [2.45, 2.75) is 84.4 Å². The lowest BCUT2D eigenvalue weighted by atomic mass is 9.85. The Balaban J connectivity index is 2.32. The van der Waals surface area contributed by atoms with Gasteiger partial charge in [0.1, 0.15) is 22.4 Å². The van der Waals surface area contributed by atoms with Crippen LogP contribution in [0.3, 0.4) is 0 Å². The summed E-state index contributed by atoms with van der Waals surface area (Å²) in [5, 5.41) is 2.26. The van der Waals surface area contributed by atoms with Crippen molar-refractivity contribution in [3.8, 4) is 5.75 Å². The number of ether oxygens (including phenoxy) is 3. The zero-order chi connectivity index (χ0) is 29.3. The van der Waals surface area contributed by atoms with Gasteiger partial charge in [0.05, 0.1) is 19.8 Å². The second kappa shape index (κ2) is 11.1. The number of carbonyl (C=O) groups is 3. The van der Waals surface area contributed by atoms with E-state index >= 15 is 0 Å². The Morgan fingerprint density at radius 3 is 2.26 bits per heavy atom. The van der Waals surface area contributed by atoms with Gasteiger partial charge in [0.2, 0.25) is 0 Å². The molecule has 8 nitrogen and oxygen atoms in total. The minimum atomic E-state index is -1.58. The van der Waals surface area contributed by atoms with Gasteiger partial charge >= 0.3 is 11.9 Å². The highest BCUT2D eigenvalue weighted by molar-refractivity contribution is 7.09. The molecular weight excluding hydrogens is 516 g/mol. The standard InChI is InChI=1S/C30H40N2O6S/c1-18(2)16-30(27(35)38-29(6,7)8)17-20(26(34)37-10)23(24-31-13-14-39-24)32(30)25(33)19-11-12-21(28(3,4)5)22(15-19)36-9/h11-15,17-18,23H,16H2,1-10H3/t23-,30+/m1/s1. The first-order valence-corrected chi connectivity index (χ1v) is 13.9. The van der Waals surface area contributed by atoms with Crippen LogP contribution in [-0.2, 0) is 24.5 Å². The molecule has 0 saturated carbocycles. The van der Waals surface area contributed by atoms with Gasteiger partial charge in [-0.3, -0.25) is 4.79 Å². The summed E-state index contributed by atoms with van der Waals surface area (Å²) in [5.74, 6) is -1.17. The average molecular weight is 557 g/mol. The molecule has 3 rings (SSSR count). The van der Waals surface area contributed by atoms with Crippen LogP contribution in [0.5, 0.6) is 5.75 Å². The van der Waals surface area contributed by atoms with Crippen molar-refractivity contribution in [3.63, 3.8) is 0 Å². The molecule has 0 saturated heterocycles. The van der Waals surface area contributed by atoms with Crippen molar-refractivity contribution in [1.82, 2.24) is 9.88 Å². The predicted molar refractivity (Wildman–Crippen MR) is 151 cm³/mol. The number of thiazole rings is 1. The molecule has 1 aliphatic rings. The normalized spacial score (nSPS) is 19.6. The number of esters is 2. The number of nitrogens with zero attached hydrogens (tertiary/aromatic N) is 2. The Hall–Kier alpha value is -3.20. The first-order valence-electron chi connectivity index (χ1n) is 13.0. The summed E-state index contributed by atoms with van der Waals surface area (Å²) in [5.41, 5.74) is -1.20. The lowest BCUT2D eigenvalue weighted by molar-refractivity contribution is -0.166. The van der Waals surface area contributed by atoms with E-state index in [1.165, 1.54) is 23.3 Å². The van der Waals surface area contributed by atoms with Gasteiger partial charge in [-0.2, -0.15) is 0 Å². The Kier molecular flexibility index (Phi) is 8.65. The first kappa shape index (κ1) is 30.3. The van der Waals surface area contributed by atoms with Crippen LogP contribution in [0.15, 0.2) is 41.4 Å². The van der Waals surface area contributed by atoms with Gasteiger partial charge in [-0.25, -0.2) is 14.6 Å². The van der Waals surface area contributed by atoms with Gasteiger partial charge in [0, 0.05) is 17.1 Å². The number of carbonyl (C=O) groups excluding carboxylic acids is 3. The molecule has 1 amide bonds. The van der Waals surface area contributed by atoms with E-state index in [1.807, 2.05) is 19.9 Å². The fourth-order valence-electron chi connectivity index (χ4n) is 4.94. The second-order valence-electron chi connectivity index (χ2n) is 12.2. The summed E-state index contributed by atoms with van der Waals surface area (Å²) in [7, 11) is 2.84. The van der Waals surface area contributed by atoms with Gasteiger partial charge in [0.25, 0.3) is 5.91 Å². The molecule has 39 heavy (non-hydrogen) atoms. The maximum atomic E-state index is 14.6. The van der Waals surface area contributed by atoms with Gasteiger partial charge < -0.3 is 19.1 Å². The molecule has 1 aliphatic heterocycles. The van der Waals surface area contributed by atoms with Gasteiger partial charge in [0.15, 0.2) is 5.54 Å². The summed E-state index contributed by atoms with van der Waals surface area (Å²) in [4.78, 5) is 47.7. The van der Waals surface area contributed by atoms with Crippen molar-refractivity contribution in [1.29, 1.82) is 0 Å². The second-order valence-corrected chi connectivity index (χ2v) is 13.2. The summed E-state index contributed by atoms with van der Waals surface area (Å²) in [6.45, 7) is 15.4. The molecule has 0 spiro atoms. The number of rotatable bonds is 7. The highest BCUT2D eigenvalue weighted by Gasteiger charge is 2.58. The number of hydrogen-bond donors (Lipinski definition) is 0. The topological polar surface area (TPSA) is 95.0 Å². The van der Waals surface area contributed by atoms with Crippen LogP contribution >= 0.6 is 11.3 Å². The maximum Gasteiger partial charge on any atom is 0.336 e. The summed E-state index contributed by atoms with van der Waals surface area (Å²) in [6, 6.07) is 4.35. The largest absolute Gasteiger partial charge is 0.496 e. The van der Waals surface area contributed by atoms with Gasteiger partial charge in [-0.1, -0.05) is 40.7 Å². The van der Waals surface area contributed by atoms with E-state index in [4.69, 9.17) is 14.2 Å². The molecule has 2 aromatic rings. The van der Waals surface area contributed by atoms with E-state index in [2.05, 4.69) is 25.8 Å². The Morgan fingerprint density at radius 1 is 1.10 bits per heavy atom. The smallest absolute Gasteiger partial charge is 0.336 e. The Morgan fingerprint density at radius 2 is 1.77 bits per heavy atom. The van der Waals surface area contributed by atoms with Crippen LogP contribution in [0.2, 0.25) is 0 Å². The molecule has 212 valence electrons. The van der Waals surface area contributed by atoms with Crippen molar-refractivity contribution < 1.29 is 28.6 Å². The first-order chi connectivity index (χ1) is 18.1. The van der Waals surface area contributed by atoms with Crippen LogP contribution in [0.25, 0.3) is 0 Å². The van der Waals surface area contributed by atoms with E-state index < -0.39 is 35.0 Å². The number of methoxy groups -OCH3 is 2. The van der Waals surface area contributed by atoms with E-state index in [-0.39, 0.29) is 23.3 Å². The lowest BCUT2D eigenvalue weighted by Gasteiger charge is -2.41. The number of hydrogen-bond acceptors (Lipinski definition) is 8. The third-order valence-electron chi connectivity index (χ3n) is 6.43. The third-order valence-corrected chi connectivity index (χ3v) is 7.26. The molecule has 1 aromatic carbocycles. The highest BCUT2D eigenvalue weighted by Crippen LogP contribution is 2.48. The molecule has 0 N–H and O–H groups in total. The predicted octanol–water partition coefficient (Wildman–Crippen LogP) is 5.87. The van der Waals surface area contributed by atoms with Crippen LogP contribution in [0, 0.1) is 5.92 Å². The molecular formula is C30H40N2O6S. The number of aromatic nitrogens is 1. The SMILES string of the molecule is COC(=O)C1=C[C@@](CC(C)C)(C(=O)OC(C)(C)C)N(C(=O)c2ccc(C(C)(C)C)c(OC)c2)[C@H]1c1nccs1. The van der Waals surface area contributed by atoms with Crippen LogP contribution in [-0.4, -0.2) is 53.1 Å². The summed E-state index contributed by atoms with van der Waals surface area (Å²) < 4.78 is 16.7. The summed E-state index contributed by atoms with van der Waals surface area (Å²) in [6.07, 6.45) is 3.39. The third kappa shape index (κ3) is 6.19. The fraction of sp³-hybridized carbons (Fsp3) is 0.533. The van der Waals surface area contributed by atoms with Gasteiger partial charge in [-0.05, 0) is 62.3 Å². The molecule has 0 radical (unpaired) electrons. The zero-order valence-electron chi connectivity index (χ0n) is 24.6. The monoisotopic (exact) mass is 556 g/mol. The van der Waals surface area contributed by atoms with Crippen LogP contribution in [0.4, 0.5) is 0 Å². The van der Waals surface area contributed by atoms with E-state index in [0.717, 1.165) is 5.56 Å². The zero-order valence-corrected chi connectivity index (χ0v) is 25.4. The van der Waals surface area contributed by atoms with Crippen molar-refractivity contribution in [2.24, 2.45) is 5.92 Å². The number of benzene rings is 1. The molecule has 0 aliphatic carbocycles. The fourth-order valence-corrected chi connectivity index (χ4v) is 5.69. The molecule has 9 heteroatoms. The van der Waals surface area contributed by atoms with Gasteiger partial charge in [-0.15, -0.1) is 11.3 Å². The Labute approximate surface area is 235 Å². The molecule has 2 heterocycles. The van der Waals surface area contributed by atoms with Crippen LogP contribution < -0.4 is 4.74 Å². The van der Waals surface area contributed by atoms with E-state index in [0.29, 0.717) is 16.3 Å². The van der Waals surface area contributed by atoms with E-state index in [1.54, 1.807) is 57.7 Å². The Bertz CT molecular complexity index is 1250. The quantitative estimate of drug-likeness (QED) is 0.394. The molecule has 0 bridgehead atoms. The van der Waals surface area contributed by atoms with Crippen molar-refractivity contribution >= 4 is 29.2 Å². The van der Waals surface area contributed by atoms with Crippen molar-refractivity contribution in [2.75, 3.05) is 14.2 Å². The van der Waals surface area contributed by atoms with Crippen molar-refractivity contribution in [3.05, 3.63) is 57.6 Å². The minimum absolute atomic E-state index is 0.0317. The lowest BCUT2D eigenvalue weighted by Crippen LogP contribution is -2.56. The molecule has 1 aromatic heterocycles. The highest BCUT2D eigenvalue weighted by atomic mass is 32.1. The van der Waals surface area contributed by atoms with Crippen LogP contribution in [0.1, 0.15) is 88.8 Å². The summed E-state index contributed by atoms with van der Waals surface area (Å²) >= 11 is 1.30. The minimum Gasteiger partial charge on any atom is -0.496 e. The maximum absolute atomic E-state index is 14.6. The number of amides is 1. The van der Waals surface area contributed by atoms with E-state index in [9.17, 15) is 14.4 Å². The average Bonchev–Trinajstić information content (AvgIpc) is 3.47. The molecule has 2 atom stereocenters. The molecule has 0 fully saturated rings.